The zero-order valence-electron chi connectivity index (χ0n) is 30.5. The highest BCUT2D eigenvalue weighted by molar-refractivity contribution is 7.21. The van der Waals surface area contributed by atoms with Crippen LogP contribution < -0.4 is 5.32 Å². The van der Waals surface area contributed by atoms with Crippen LogP contribution in [0, 0.1) is 11.6 Å². The third kappa shape index (κ3) is 11.6. The largest absolute Gasteiger partial charge is 0.447 e. The summed E-state index contributed by atoms with van der Waals surface area (Å²) in [5.41, 5.74) is 1.81. The minimum Gasteiger partial charge on any atom is -0.447 e. The van der Waals surface area contributed by atoms with Gasteiger partial charge in [0.25, 0.3) is 5.91 Å². The van der Waals surface area contributed by atoms with E-state index in [1.807, 2.05) is 36.7 Å². The first-order valence-corrected chi connectivity index (χ1v) is 20.1. The molecule has 2 aromatic heterocycles. The average Bonchev–Trinajstić information content (AvgIpc) is 3.86. The van der Waals surface area contributed by atoms with E-state index in [1.165, 1.54) is 11.3 Å². The number of rotatable bonds is 21. The van der Waals surface area contributed by atoms with Crippen LogP contribution in [0.4, 0.5) is 13.6 Å². The van der Waals surface area contributed by atoms with Crippen molar-refractivity contribution in [3.63, 3.8) is 0 Å². The van der Waals surface area contributed by atoms with Crippen LogP contribution in [0.1, 0.15) is 40.9 Å². The number of hydrogen-bond acceptors (Lipinski definition) is 11. The molecule has 4 aromatic rings. The molecule has 5 rings (SSSR count). The Labute approximate surface area is 327 Å². The molecule has 2 aromatic carbocycles. The molecule has 0 bridgehead atoms. The van der Waals surface area contributed by atoms with Crippen LogP contribution in [0.15, 0.2) is 48.0 Å². The van der Waals surface area contributed by atoms with Gasteiger partial charge in [-0.2, -0.15) is 0 Å². The Morgan fingerprint density at radius 1 is 0.889 bits per heavy atom. The lowest BCUT2D eigenvalue weighted by Gasteiger charge is -2.39. The maximum Gasteiger partial charge on any atom is 0.409 e. The smallest absolute Gasteiger partial charge is 0.409 e. The molecule has 0 spiro atoms. The molecular formula is C38H47ClF2N4O7S2. The highest BCUT2D eigenvalue weighted by atomic mass is 35.5. The molecule has 0 aliphatic heterocycles. The van der Waals surface area contributed by atoms with E-state index in [2.05, 4.69) is 10.3 Å². The first-order chi connectivity index (χ1) is 26.3. The molecule has 2 amide bonds. The van der Waals surface area contributed by atoms with Gasteiger partial charge in [0.1, 0.15) is 28.1 Å². The van der Waals surface area contributed by atoms with Gasteiger partial charge in [-0.15, -0.1) is 22.7 Å². The number of aromatic nitrogens is 1. The Bertz CT molecular complexity index is 1780. The second-order valence-corrected chi connectivity index (χ2v) is 15.0. The van der Waals surface area contributed by atoms with E-state index in [9.17, 15) is 18.4 Å². The zero-order chi connectivity index (χ0) is 38.3. The number of nitrogens with zero attached hydrogens (tertiary/aromatic N) is 3. The molecule has 294 valence electrons. The normalized spacial score (nSPS) is 15.8. The summed E-state index contributed by atoms with van der Waals surface area (Å²) in [6.45, 7) is 4.81. The van der Waals surface area contributed by atoms with E-state index in [1.54, 1.807) is 23.0 Å². The van der Waals surface area contributed by atoms with Gasteiger partial charge in [-0.1, -0.05) is 29.8 Å². The van der Waals surface area contributed by atoms with Crippen molar-refractivity contribution in [2.45, 2.75) is 44.3 Å². The van der Waals surface area contributed by atoms with Crippen LogP contribution in [0.5, 0.6) is 0 Å². The molecule has 1 saturated carbocycles. The minimum absolute atomic E-state index is 0.00982. The summed E-state index contributed by atoms with van der Waals surface area (Å²) >= 11 is 8.98. The van der Waals surface area contributed by atoms with Crippen molar-refractivity contribution in [1.29, 1.82) is 0 Å². The summed E-state index contributed by atoms with van der Waals surface area (Å²) in [5, 5.41) is 5.60. The van der Waals surface area contributed by atoms with Crippen molar-refractivity contribution in [3.05, 3.63) is 75.1 Å². The fraction of sp³-hybridized carbons (Fsp3) is 0.500. The molecule has 2 heterocycles. The molecule has 0 radical (unpaired) electrons. The second kappa shape index (κ2) is 21.7. The Morgan fingerprint density at radius 3 is 2.15 bits per heavy atom. The number of nitrogens with one attached hydrogen (secondary N) is 1. The fourth-order valence-corrected chi connectivity index (χ4v) is 8.37. The van der Waals surface area contributed by atoms with Crippen molar-refractivity contribution in [1.82, 2.24) is 20.1 Å². The van der Waals surface area contributed by atoms with Crippen molar-refractivity contribution in [2.75, 3.05) is 80.1 Å². The van der Waals surface area contributed by atoms with Gasteiger partial charge in [0, 0.05) is 49.4 Å². The van der Waals surface area contributed by atoms with Gasteiger partial charge < -0.3 is 38.8 Å². The summed E-state index contributed by atoms with van der Waals surface area (Å²) < 4.78 is 56.8. The molecule has 54 heavy (non-hydrogen) atoms. The number of carbonyl (C=O) groups is 2. The summed E-state index contributed by atoms with van der Waals surface area (Å²) in [7, 11) is 3.59. The number of hydrogen-bond donors (Lipinski definition) is 1. The number of thiazole rings is 1. The summed E-state index contributed by atoms with van der Waals surface area (Å²) in [6, 6.07) is 9.59. The minimum atomic E-state index is -0.680. The van der Waals surface area contributed by atoms with E-state index >= 15 is 0 Å². The van der Waals surface area contributed by atoms with E-state index in [4.69, 9.17) is 35.3 Å². The molecule has 1 N–H and O–H groups in total. The number of amides is 2. The van der Waals surface area contributed by atoms with Gasteiger partial charge in [-0.05, 0) is 56.5 Å². The Hall–Kier alpha value is -3.28. The summed E-state index contributed by atoms with van der Waals surface area (Å²) in [6.07, 6.45) is 3.76. The van der Waals surface area contributed by atoms with Crippen molar-refractivity contribution in [2.24, 2.45) is 0 Å². The van der Waals surface area contributed by atoms with Crippen LogP contribution in [0.25, 0.3) is 20.7 Å². The first kappa shape index (κ1) is 41.9. The van der Waals surface area contributed by atoms with E-state index in [0.29, 0.717) is 71.9 Å². The fourth-order valence-electron chi connectivity index (χ4n) is 6.23. The Balaban J connectivity index is 1.10. The number of halogens is 3. The van der Waals surface area contributed by atoms with Crippen molar-refractivity contribution >= 4 is 56.4 Å². The Morgan fingerprint density at radius 2 is 1.52 bits per heavy atom. The molecule has 0 atom stereocenters. The number of benzene rings is 2. The van der Waals surface area contributed by atoms with Gasteiger partial charge in [0.2, 0.25) is 0 Å². The molecule has 1 fully saturated rings. The van der Waals surface area contributed by atoms with Crippen molar-refractivity contribution in [3.8, 4) is 10.6 Å². The van der Waals surface area contributed by atoms with Crippen LogP contribution in [-0.2, 0) is 30.2 Å². The number of likely N-dealkylation sites (N-methyl/N-ethyl adjacent to an activating group) is 1. The third-order valence-electron chi connectivity index (χ3n) is 9.10. The van der Waals surface area contributed by atoms with Gasteiger partial charge >= 0.3 is 6.09 Å². The number of thiophene rings is 1. The van der Waals surface area contributed by atoms with Crippen LogP contribution in [0.2, 0.25) is 5.02 Å². The topological polar surface area (TPSA) is 112 Å². The summed E-state index contributed by atoms with van der Waals surface area (Å²) in [4.78, 5) is 35.0. The quantitative estimate of drug-likeness (QED) is 0.0870. The number of fused-ring (bicyclic) bond motifs is 1. The van der Waals surface area contributed by atoms with Crippen molar-refractivity contribution < 1.29 is 42.1 Å². The molecule has 0 saturated heterocycles. The zero-order valence-corrected chi connectivity index (χ0v) is 32.9. The Kier molecular flexibility index (Phi) is 16.8. The highest BCUT2D eigenvalue weighted by Crippen LogP contribution is 2.40. The molecule has 16 heteroatoms. The lowest BCUT2D eigenvalue weighted by molar-refractivity contribution is -0.00815. The summed E-state index contributed by atoms with van der Waals surface area (Å²) in [5.74, 6) is -1.71. The predicted molar refractivity (Wildman–Crippen MR) is 207 cm³/mol. The number of ether oxygens (including phenoxy) is 5. The monoisotopic (exact) mass is 808 g/mol. The number of carbonyl (C=O) groups excluding carboxylic acids is 2. The average molecular weight is 809 g/mol. The van der Waals surface area contributed by atoms with Gasteiger partial charge in [0.15, 0.2) is 0 Å². The highest BCUT2D eigenvalue weighted by Gasteiger charge is 2.34. The standard InChI is InChI=1S/C38H47ClF2N4O7S2/c1-42-12-14-48-15-16-49-17-18-50-19-20-51-21-22-52-38(47)44(2)28-6-8-29(9-7-28)45(25-26-4-3-5-27(24-26)36-43-13-23-53-36)37(46)35-33(39)32-30(40)10-11-31(41)34(32)54-35/h3-5,10-11,13,23-24,28-29,42H,6-9,12,14-22,25H2,1-2H3. The maximum absolute atomic E-state index is 14.8. The third-order valence-corrected chi connectivity index (χ3v) is 11.6. The molecular weight excluding hydrogens is 762 g/mol. The molecule has 1 aliphatic carbocycles. The van der Waals surface area contributed by atoms with Crippen LogP contribution in [-0.4, -0.2) is 119 Å². The SMILES string of the molecule is CNCCOCCOCCOCCOCCOC(=O)N(C)C1CCC(N(Cc2cccc(-c3nccs3)c2)C(=O)c2sc3c(F)ccc(F)c3c2Cl)CC1. The molecule has 0 unspecified atom stereocenters. The second-order valence-electron chi connectivity index (χ2n) is 12.7. The predicted octanol–water partition coefficient (Wildman–Crippen LogP) is 7.26. The lowest BCUT2D eigenvalue weighted by atomic mass is 9.89. The molecule has 11 nitrogen and oxygen atoms in total. The van der Waals surface area contributed by atoms with Gasteiger partial charge in [-0.25, -0.2) is 18.6 Å². The molecule has 1 aliphatic rings. The van der Waals surface area contributed by atoms with Crippen LogP contribution in [0.3, 0.4) is 0 Å². The van der Waals surface area contributed by atoms with E-state index in [0.717, 1.165) is 46.1 Å². The van der Waals surface area contributed by atoms with Gasteiger partial charge in [-0.3, -0.25) is 4.79 Å². The lowest BCUT2D eigenvalue weighted by Crippen LogP contribution is -2.46. The van der Waals surface area contributed by atoms with Gasteiger partial charge in [0.05, 0.1) is 68.0 Å². The maximum atomic E-state index is 14.8. The van der Waals surface area contributed by atoms with E-state index in [-0.39, 0.29) is 51.8 Å². The van der Waals surface area contributed by atoms with E-state index < -0.39 is 23.6 Å². The first-order valence-electron chi connectivity index (χ1n) is 18.0. The van der Waals surface area contributed by atoms with Crippen LogP contribution >= 0.6 is 34.3 Å².